The van der Waals surface area contributed by atoms with Crippen LogP contribution in [0.15, 0.2) is 133 Å². The maximum Gasteiger partial charge on any atom is 0.129 e. The Balaban J connectivity index is 1.09. The predicted molar refractivity (Wildman–Crippen MR) is 308 cm³/mol. The average molecular weight is 983 g/mol. The van der Waals surface area contributed by atoms with Crippen molar-refractivity contribution in [3.63, 3.8) is 0 Å². The van der Waals surface area contributed by atoms with Crippen LogP contribution in [0.25, 0.3) is 42.4 Å². The number of ether oxygens (including phenoxy) is 2. The minimum atomic E-state index is -1.50. The van der Waals surface area contributed by atoms with Crippen molar-refractivity contribution in [2.45, 2.75) is 143 Å². The molecule has 0 saturated carbocycles. The first-order valence-corrected chi connectivity index (χ1v) is 31.7. The third-order valence-electron chi connectivity index (χ3n) is 13.7. The van der Waals surface area contributed by atoms with E-state index in [2.05, 4.69) is 197 Å². The summed E-state index contributed by atoms with van der Waals surface area (Å²) in [6.07, 6.45) is 16.9. The average Bonchev–Trinajstić information content (AvgIpc) is 4.08. The Morgan fingerprint density at radius 1 is 0.457 bits per heavy atom. The van der Waals surface area contributed by atoms with E-state index in [9.17, 15) is 0 Å². The third-order valence-corrected chi connectivity index (χ3v) is 17.0. The van der Waals surface area contributed by atoms with E-state index in [-0.39, 0.29) is 5.41 Å². The maximum atomic E-state index is 6.07. The van der Waals surface area contributed by atoms with E-state index in [4.69, 9.17) is 9.47 Å². The van der Waals surface area contributed by atoms with Crippen LogP contribution in [-0.2, 0) is 5.41 Å². The molecule has 70 heavy (non-hydrogen) atoms. The van der Waals surface area contributed by atoms with Gasteiger partial charge in [-0.05, 0) is 137 Å². The highest BCUT2D eigenvalue weighted by atomic mass is 32.1. The van der Waals surface area contributed by atoms with Gasteiger partial charge in [0, 0.05) is 37.1 Å². The maximum absolute atomic E-state index is 6.07. The summed E-state index contributed by atoms with van der Waals surface area (Å²) in [5.41, 5.74) is 16.2. The lowest BCUT2D eigenvalue weighted by Gasteiger charge is -2.31. The van der Waals surface area contributed by atoms with Crippen LogP contribution in [0.2, 0.25) is 19.6 Å². The minimum absolute atomic E-state index is 0.0590. The lowest BCUT2D eigenvalue weighted by molar-refractivity contribution is 0.305. The molecule has 1 aliphatic carbocycles. The SMILES string of the molecule is CCCCCCOc1ccc(-c2ccc(N(c3ccc(-c4ccc(OCCCCCC)cc4)cc3)c3ccc(-c4cc5c(s4)-c4sc(C#C[Si](C)(C)C)cc4C5(CCCC)CCCC)cc3)cc2)cc1. The number of rotatable bonds is 24. The fourth-order valence-corrected chi connectivity index (χ4v) is 12.9. The van der Waals surface area contributed by atoms with Crippen molar-refractivity contribution in [1.82, 2.24) is 0 Å². The van der Waals surface area contributed by atoms with Crippen LogP contribution < -0.4 is 14.4 Å². The third kappa shape index (κ3) is 12.4. The number of hydrogen-bond donors (Lipinski definition) is 0. The van der Waals surface area contributed by atoms with Gasteiger partial charge in [0.05, 0.1) is 18.1 Å². The Morgan fingerprint density at radius 3 is 1.29 bits per heavy atom. The second-order valence-corrected chi connectivity index (χ2v) is 27.2. The van der Waals surface area contributed by atoms with Gasteiger partial charge in [-0.2, -0.15) is 0 Å². The lowest BCUT2D eigenvalue weighted by atomic mass is 9.71. The molecule has 7 aromatic rings. The van der Waals surface area contributed by atoms with Crippen LogP contribution in [-0.4, -0.2) is 21.3 Å². The zero-order chi connectivity index (χ0) is 48.9. The second kappa shape index (κ2) is 24.2. The van der Waals surface area contributed by atoms with Crippen LogP contribution >= 0.6 is 22.7 Å². The molecule has 1 aliphatic rings. The topological polar surface area (TPSA) is 21.7 Å². The molecule has 0 spiro atoms. The second-order valence-electron chi connectivity index (χ2n) is 20.3. The van der Waals surface area contributed by atoms with Crippen molar-refractivity contribution in [2.24, 2.45) is 0 Å². The summed E-state index contributed by atoms with van der Waals surface area (Å²) in [6, 6.07) is 49.5. The van der Waals surface area contributed by atoms with E-state index in [1.807, 2.05) is 22.7 Å². The normalized spacial score (nSPS) is 12.6. The van der Waals surface area contributed by atoms with Crippen LogP contribution in [0.5, 0.6) is 11.5 Å². The van der Waals surface area contributed by atoms with Gasteiger partial charge in [-0.25, -0.2) is 0 Å². The molecule has 0 N–H and O–H groups in total. The molecule has 6 heteroatoms. The summed E-state index contributed by atoms with van der Waals surface area (Å²) < 4.78 is 12.1. The Morgan fingerprint density at radius 2 is 0.857 bits per heavy atom. The molecule has 0 aliphatic heterocycles. The highest BCUT2D eigenvalue weighted by Crippen LogP contribution is 2.60. The Hall–Kier alpha value is -5.32. The molecule has 0 bridgehead atoms. The van der Waals surface area contributed by atoms with Gasteiger partial charge < -0.3 is 14.4 Å². The van der Waals surface area contributed by atoms with Gasteiger partial charge in [0.25, 0.3) is 0 Å². The van der Waals surface area contributed by atoms with Gasteiger partial charge in [-0.3, -0.25) is 0 Å². The minimum Gasteiger partial charge on any atom is -0.494 e. The fourth-order valence-electron chi connectivity index (χ4n) is 9.80. The molecule has 0 saturated heterocycles. The summed E-state index contributed by atoms with van der Waals surface area (Å²) in [7, 11) is -1.50. The zero-order valence-corrected chi connectivity index (χ0v) is 45.7. The lowest BCUT2D eigenvalue weighted by Crippen LogP contribution is -2.24. The monoisotopic (exact) mass is 982 g/mol. The molecule has 3 nitrogen and oxygen atoms in total. The van der Waals surface area contributed by atoms with E-state index in [1.54, 1.807) is 11.1 Å². The van der Waals surface area contributed by atoms with Gasteiger partial charge in [0.1, 0.15) is 19.6 Å². The standard InChI is InChI=1S/C64H75NO2S2Si/c1-8-12-16-18-43-66-56-36-26-50(27-37-56)48-20-30-53(31-21-48)65(54-32-22-49(23-33-54)51-28-38-57(39-29-51)67-44-19-17-13-9-2)55-34-24-52(25-35-55)61-47-60-63(69-61)62-59(46-58(68-62)40-45-70(5,6)7)64(60,41-14-10-3)42-15-11-4/h20-39,46-47H,8-19,41-44H2,1-7H3. The molecule has 0 radical (unpaired) electrons. The van der Waals surface area contributed by atoms with Crippen molar-refractivity contribution in [3.05, 3.63) is 149 Å². The highest BCUT2D eigenvalue weighted by Gasteiger charge is 2.45. The molecule has 0 fully saturated rings. The molecular weight excluding hydrogens is 907 g/mol. The number of thiophene rings is 2. The molecule has 0 amide bonds. The number of unbranched alkanes of at least 4 members (excludes halogenated alkanes) is 8. The van der Waals surface area contributed by atoms with E-state index >= 15 is 0 Å². The summed E-state index contributed by atoms with van der Waals surface area (Å²) in [6.45, 7) is 17.7. The van der Waals surface area contributed by atoms with Gasteiger partial charge in [0.15, 0.2) is 0 Å². The summed E-state index contributed by atoms with van der Waals surface area (Å²) in [4.78, 5) is 7.92. The quantitative estimate of drug-likeness (QED) is 0.0342. The van der Waals surface area contributed by atoms with Crippen molar-refractivity contribution in [1.29, 1.82) is 0 Å². The molecular formula is C64H75NO2S2Si. The van der Waals surface area contributed by atoms with Gasteiger partial charge in [-0.15, -0.1) is 28.2 Å². The van der Waals surface area contributed by atoms with E-state index in [0.29, 0.717) is 0 Å². The van der Waals surface area contributed by atoms with Crippen molar-refractivity contribution >= 4 is 47.8 Å². The summed E-state index contributed by atoms with van der Waals surface area (Å²) in [5.74, 6) is 5.52. The largest absolute Gasteiger partial charge is 0.494 e. The first-order chi connectivity index (χ1) is 34.1. The zero-order valence-electron chi connectivity index (χ0n) is 43.1. The fraction of sp³-hybridized carbons (Fsp3) is 0.375. The van der Waals surface area contributed by atoms with Gasteiger partial charge >= 0.3 is 0 Å². The molecule has 5 aromatic carbocycles. The van der Waals surface area contributed by atoms with Crippen LogP contribution in [0.1, 0.15) is 134 Å². The Kier molecular flexibility index (Phi) is 17.6. The van der Waals surface area contributed by atoms with Crippen molar-refractivity contribution in [3.8, 4) is 65.4 Å². The van der Waals surface area contributed by atoms with E-state index in [0.717, 1.165) is 54.6 Å². The van der Waals surface area contributed by atoms with Gasteiger partial charge in [-0.1, -0.05) is 178 Å². The first kappa shape index (κ1) is 51.0. The number of anilines is 3. The number of nitrogens with zero attached hydrogens (tertiary/aromatic N) is 1. The molecule has 2 aromatic heterocycles. The molecule has 2 heterocycles. The van der Waals surface area contributed by atoms with Crippen molar-refractivity contribution < 1.29 is 9.47 Å². The number of fused-ring (bicyclic) bond motifs is 3. The van der Waals surface area contributed by atoms with Gasteiger partial charge in [0.2, 0.25) is 0 Å². The van der Waals surface area contributed by atoms with Crippen LogP contribution in [0.4, 0.5) is 17.1 Å². The van der Waals surface area contributed by atoms with E-state index < -0.39 is 8.07 Å². The molecule has 364 valence electrons. The Bertz CT molecular complexity index is 2670. The molecule has 0 atom stereocenters. The highest BCUT2D eigenvalue weighted by molar-refractivity contribution is 7.24. The molecule has 0 unspecified atom stereocenters. The van der Waals surface area contributed by atoms with Crippen LogP contribution in [0.3, 0.4) is 0 Å². The predicted octanol–water partition coefficient (Wildman–Crippen LogP) is 20.1. The van der Waals surface area contributed by atoms with Crippen LogP contribution in [0, 0.1) is 11.5 Å². The summed E-state index contributed by atoms with van der Waals surface area (Å²) in [5, 5.41) is 0. The van der Waals surface area contributed by atoms with E-state index in [1.165, 1.54) is 124 Å². The molecule has 8 rings (SSSR count). The first-order valence-electron chi connectivity index (χ1n) is 26.5. The Labute approximate surface area is 430 Å². The smallest absolute Gasteiger partial charge is 0.129 e. The van der Waals surface area contributed by atoms with Crippen molar-refractivity contribution in [2.75, 3.05) is 18.1 Å². The summed E-state index contributed by atoms with van der Waals surface area (Å²) >= 11 is 3.92. The number of hydrogen-bond acceptors (Lipinski definition) is 5. The number of benzene rings is 5.